The van der Waals surface area contributed by atoms with Crippen molar-refractivity contribution >= 4 is 11.8 Å². The molecule has 0 aliphatic heterocycles. The van der Waals surface area contributed by atoms with Crippen LogP contribution in [0.4, 0.5) is 0 Å². The van der Waals surface area contributed by atoms with Gasteiger partial charge in [0.2, 0.25) is 5.91 Å². The number of hydrogen-bond acceptors (Lipinski definition) is 4. The van der Waals surface area contributed by atoms with Gasteiger partial charge in [-0.3, -0.25) is 9.59 Å². The molecule has 0 bridgehead atoms. The molecular weight excluding hydrogens is 294 g/mol. The molecule has 6 heteroatoms. The summed E-state index contributed by atoms with van der Waals surface area (Å²) in [6.07, 6.45) is 3.24. The molecule has 6 nitrogen and oxygen atoms in total. The van der Waals surface area contributed by atoms with Gasteiger partial charge in [0.25, 0.3) is 5.91 Å². The van der Waals surface area contributed by atoms with Gasteiger partial charge in [0.05, 0.1) is 6.54 Å². The van der Waals surface area contributed by atoms with Gasteiger partial charge in [0, 0.05) is 24.6 Å². The Morgan fingerprint density at radius 1 is 1.39 bits per heavy atom. The van der Waals surface area contributed by atoms with E-state index < -0.39 is 5.41 Å². The van der Waals surface area contributed by atoms with Crippen molar-refractivity contribution < 1.29 is 14.1 Å². The molecule has 0 saturated heterocycles. The van der Waals surface area contributed by atoms with E-state index in [0.717, 1.165) is 6.42 Å². The molecule has 1 fully saturated rings. The molecular formula is C17H27N3O3. The SMILES string of the molecule is CCCN(Cc1cc(C(=O)NCC2CC2)no1)C(=O)C(C)(C)C. The Morgan fingerprint density at radius 2 is 2.09 bits per heavy atom. The van der Waals surface area contributed by atoms with Gasteiger partial charge in [-0.2, -0.15) is 0 Å². The van der Waals surface area contributed by atoms with Gasteiger partial charge in [0.15, 0.2) is 11.5 Å². The summed E-state index contributed by atoms with van der Waals surface area (Å²) in [6, 6.07) is 1.63. The maximum atomic E-state index is 12.5. The summed E-state index contributed by atoms with van der Waals surface area (Å²) in [6.45, 7) is 9.41. The van der Waals surface area contributed by atoms with Crippen molar-refractivity contribution in [2.24, 2.45) is 11.3 Å². The Kier molecular flexibility index (Phi) is 5.44. The summed E-state index contributed by atoms with van der Waals surface area (Å²) >= 11 is 0. The third-order valence-electron chi connectivity index (χ3n) is 3.81. The summed E-state index contributed by atoms with van der Waals surface area (Å²) in [5, 5.41) is 6.68. The number of nitrogens with zero attached hydrogens (tertiary/aromatic N) is 2. The molecule has 0 unspecified atom stereocenters. The first-order valence-corrected chi connectivity index (χ1v) is 8.34. The minimum Gasteiger partial charge on any atom is -0.359 e. The van der Waals surface area contributed by atoms with E-state index in [2.05, 4.69) is 10.5 Å². The highest BCUT2D eigenvalue weighted by Crippen LogP contribution is 2.27. The average molecular weight is 321 g/mol. The Balaban J connectivity index is 1.97. The maximum Gasteiger partial charge on any atom is 0.273 e. The number of nitrogens with one attached hydrogen (secondary N) is 1. The molecule has 2 rings (SSSR count). The molecule has 1 aromatic heterocycles. The van der Waals surface area contributed by atoms with Crippen molar-refractivity contribution in [3.05, 3.63) is 17.5 Å². The van der Waals surface area contributed by atoms with Crippen LogP contribution in [0.1, 0.15) is 63.2 Å². The fraction of sp³-hybridized carbons (Fsp3) is 0.706. The monoisotopic (exact) mass is 321 g/mol. The van der Waals surface area contributed by atoms with Gasteiger partial charge in [-0.25, -0.2) is 0 Å². The fourth-order valence-electron chi connectivity index (χ4n) is 2.33. The quantitative estimate of drug-likeness (QED) is 0.837. The summed E-state index contributed by atoms with van der Waals surface area (Å²) in [5.41, 5.74) is -0.167. The van der Waals surface area contributed by atoms with Crippen LogP contribution < -0.4 is 5.32 Å². The number of aromatic nitrogens is 1. The first-order valence-electron chi connectivity index (χ1n) is 8.34. The second-order valence-corrected chi connectivity index (χ2v) is 7.31. The van der Waals surface area contributed by atoms with E-state index in [-0.39, 0.29) is 17.5 Å². The molecule has 1 saturated carbocycles. The van der Waals surface area contributed by atoms with Crippen LogP contribution in [0, 0.1) is 11.3 Å². The lowest BCUT2D eigenvalue weighted by atomic mass is 9.94. The van der Waals surface area contributed by atoms with E-state index in [0.29, 0.717) is 31.3 Å². The third kappa shape index (κ3) is 5.08. The molecule has 2 amide bonds. The first kappa shape index (κ1) is 17.5. The van der Waals surface area contributed by atoms with Gasteiger partial charge >= 0.3 is 0 Å². The Morgan fingerprint density at radius 3 is 2.65 bits per heavy atom. The van der Waals surface area contributed by atoms with Crippen molar-refractivity contribution in [2.45, 2.75) is 53.5 Å². The van der Waals surface area contributed by atoms with E-state index in [1.54, 1.807) is 11.0 Å². The Bertz CT molecular complexity index is 556. The highest BCUT2D eigenvalue weighted by atomic mass is 16.5. The van der Waals surface area contributed by atoms with Crippen molar-refractivity contribution in [3.8, 4) is 0 Å². The largest absolute Gasteiger partial charge is 0.359 e. The Labute approximate surface area is 137 Å². The van der Waals surface area contributed by atoms with Crippen LogP contribution in [-0.4, -0.2) is 35.0 Å². The molecule has 0 spiro atoms. The predicted octanol–water partition coefficient (Wildman–Crippen LogP) is 2.60. The zero-order chi connectivity index (χ0) is 17.0. The van der Waals surface area contributed by atoms with Crippen LogP contribution in [0.15, 0.2) is 10.6 Å². The van der Waals surface area contributed by atoms with Gasteiger partial charge in [-0.05, 0) is 25.2 Å². The van der Waals surface area contributed by atoms with E-state index in [1.807, 2.05) is 27.7 Å². The predicted molar refractivity (Wildman–Crippen MR) is 86.7 cm³/mol. The lowest BCUT2D eigenvalue weighted by Gasteiger charge is -2.28. The van der Waals surface area contributed by atoms with Gasteiger partial charge in [0.1, 0.15) is 0 Å². The van der Waals surface area contributed by atoms with Crippen LogP contribution >= 0.6 is 0 Å². The van der Waals surface area contributed by atoms with Gasteiger partial charge < -0.3 is 14.7 Å². The van der Waals surface area contributed by atoms with Crippen molar-refractivity contribution in [1.29, 1.82) is 0 Å². The molecule has 1 aliphatic rings. The van der Waals surface area contributed by atoms with Crippen molar-refractivity contribution in [3.63, 3.8) is 0 Å². The summed E-state index contributed by atoms with van der Waals surface area (Å²) in [7, 11) is 0. The zero-order valence-electron chi connectivity index (χ0n) is 14.5. The van der Waals surface area contributed by atoms with E-state index >= 15 is 0 Å². The summed E-state index contributed by atoms with van der Waals surface area (Å²) < 4.78 is 5.24. The zero-order valence-corrected chi connectivity index (χ0v) is 14.5. The first-order chi connectivity index (χ1) is 10.8. The second-order valence-electron chi connectivity index (χ2n) is 7.31. The van der Waals surface area contributed by atoms with Crippen LogP contribution in [-0.2, 0) is 11.3 Å². The standard InChI is InChI=1S/C17H27N3O3/c1-5-8-20(16(22)17(2,3)4)11-13-9-14(19-23-13)15(21)18-10-12-6-7-12/h9,12H,5-8,10-11H2,1-4H3,(H,18,21). The van der Waals surface area contributed by atoms with Crippen LogP contribution in [0.25, 0.3) is 0 Å². The highest BCUT2D eigenvalue weighted by molar-refractivity contribution is 5.92. The highest BCUT2D eigenvalue weighted by Gasteiger charge is 2.28. The molecule has 0 atom stereocenters. The minimum atomic E-state index is -0.445. The Hall–Kier alpha value is -1.85. The normalized spacial score (nSPS) is 14.6. The van der Waals surface area contributed by atoms with E-state index in [9.17, 15) is 9.59 Å². The van der Waals surface area contributed by atoms with Gasteiger partial charge in [-0.15, -0.1) is 0 Å². The van der Waals surface area contributed by atoms with Crippen LogP contribution in [0.3, 0.4) is 0 Å². The second kappa shape index (κ2) is 7.15. The molecule has 0 radical (unpaired) electrons. The van der Waals surface area contributed by atoms with Crippen molar-refractivity contribution in [1.82, 2.24) is 15.4 Å². The number of hydrogen-bond donors (Lipinski definition) is 1. The molecule has 23 heavy (non-hydrogen) atoms. The van der Waals surface area contributed by atoms with Crippen LogP contribution in [0.2, 0.25) is 0 Å². The van der Waals surface area contributed by atoms with E-state index in [4.69, 9.17) is 4.52 Å². The average Bonchev–Trinajstić information content (AvgIpc) is 3.20. The molecule has 128 valence electrons. The van der Waals surface area contributed by atoms with Crippen LogP contribution in [0.5, 0.6) is 0 Å². The summed E-state index contributed by atoms with van der Waals surface area (Å²) in [5.74, 6) is 1.01. The van der Waals surface area contributed by atoms with Crippen molar-refractivity contribution in [2.75, 3.05) is 13.1 Å². The molecule has 0 aromatic carbocycles. The minimum absolute atomic E-state index is 0.0653. The van der Waals surface area contributed by atoms with E-state index in [1.165, 1.54) is 12.8 Å². The number of rotatable bonds is 7. The topological polar surface area (TPSA) is 75.4 Å². The number of carbonyl (C=O) groups is 2. The lowest BCUT2D eigenvalue weighted by Crippen LogP contribution is -2.39. The number of carbonyl (C=O) groups excluding carboxylic acids is 2. The van der Waals surface area contributed by atoms with Gasteiger partial charge in [-0.1, -0.05) is 32.9 Å². The summed E-state index contributed by atoms with van der Waals surface area (Å²) in [4.78, 5) is 26.2. The smallest absolute Gasteiger partial charge is 0.273 e. The third-order valence-corrected chi connectivity index (χ3v) is 3.81. The lowest BCUT2D eigenvalue weighted by molar-refractivity contribution is -0.140. The maximum absolute atomic E-state index is 12.5. The molecule has 1 N–H and O–H groups in total. The fourth-order valence-corrected chi connectivity index (χ4v) is 2.33. The molecule has 1 heterocycles. The molecule has 1 aliphatic carbocycles. The number of amides is 2. The molecule has 1 aromatic rings.